The molecular formula is C14H18N2S. The smallest absolute Gasteiger partial charge is 0.0901 e. The van der Waals surface area contributed by atoms with Crippen molar-refractivity contribution in [2.45, 2.75) is 33.6 Å². The maximum absolute atomic E-state index is 6.04. The standard InChI is InChI=1S/C14H18N2S/c1-4-10-11(5-2)13(15)7-6-12(10)14-8-17-9(3)16-14/h6-8H,4-5,15H2,1-3H3. The van der Waals surface area contributed by atoms with Crippen molar-refractivity contribution in [3.8, 4) is 11.3 Å². The molecule has 0 bridgehead atoms. The Morgan fingerprint density at radius 2 is 1.88 bits per heavy atom. The molecule has 1 aromatic heterocycles. The van der Waals surface area contributed by atoms with Crippen LogP contribution in [-0.2, 0) is 12.8 Å². The monoisotopic (exact) mass is 246 g/mol. The molecule has 0 radical (unpaired) electrons. The molecule has 0 aliphatic rings. The second kappa shape index (κ2) is 4.88. The maximum atomic E-state index is 6.04. The molecule has 2 nitrogen and oxygen atoms in total. The number of benzene rings is 1. The van der Waals surface area contributed by atoms with Crippen molar-refractivity contribution in [1.82, 2.24) is 4.98 Å². The second-order valence-corrected chi connectivity index (χ2v) is 5.18. The Labute approximate surface area is 107 Å². The van der Waals surface area contributed by atoms with E-state index in [4.69, 9.17) is 5.73 Å². The first-order chi connectivity index (χ1) is 8.17. The van der Waals surface area contributed by atoms with Gasteiger partial charge in [0.05, 0.1) is 10.7 Å². The van der Waals surface area contributed by atoms with Crippen LogP contribution in [0.3, 0.4) is 0 Å². The number of nitrogen functional groups attached to an aromatic ring is 1. The molecule has 2 N–H and O–H groups in total. The van der Waals surface area contributed by atoms with Gasteiger partial charge >= 0.3 is 0 Å². The zero-order chi connectivity index (χ0) is 12.4. The van der Waals surface area contributed by atoms with Crippen molar-refractivity contribution < 1.29 is 0 Å². The summed E-state index contributed by atoms with van der Waals surface area (Å²) in [6.45, 7) is 6.37. The van der Waals surface area contributed by atoms with Crippen molar-refractivity contribution in [3.05, 3.63) is 33.6 Å². The SMILES string of the molecule is CCc1c(N)ccc(-c2csc(C)n2)c1CC. The molecule has 0 saturated carbocycles. The normalized spacial score (nSPS) is 10.8. The number of thiazole rings is 1. The van der Waals surface area contributed by atoms with E-state index in [-0.39, 0.29) is 0 Å². The molecule has 2 aromatic rings. The highest BCUT2D eigenvalue weighted by Crippen LogP contribution is 2.31. The molecule has 90 valence electrons. The lowest BCUT2D eigenvalue weighted by Gasteiger charge is -2.13. The summed E-state index contributed by atoms with van der Waals surface area (Å²) in [6.07, 6.45) is 1.98. The molecule has 0 atom stereocenters. The first kappa shape index (κ1) is 12.1. The lowest BCUT2D eigenvalue weighted by molar-refractivity contribution is 1.04. The zero-order valence-electron chi connectivity index (χ0n) is 10.6. The summed E-state index contributed by atoms with van der Waals surface area (Å²) in [5, 5.41) is 3.23. The molecule has 3 heteroatoms. The van der Waals surface area contributed by atoms with E-state index in [0.717, 1.165) is 29.2 Å². The number of anilines is 1. The summed E-state index contributed by atoms with van der Waals surface area (Å²) in [5.74, 6) is 0. The van der Waals surface area contributed by atoms with E-state index in [0.29, 0.717) is 0 Å². The summed E-state index contributed by atoms with van der Waals surface area (Å²) in [5.41, 5.74) is 11.9. The molecular weight excluding hydrogens is 228 g/mol. The fourth-order valence-electron chi connectivity index (χ4n) is 2.26. The van der Waals surface area contributed by atoms with Crippen LogP contribution in [0.25, 0.3) is 11.3 Å². The van der Waals surface area contributed by atoms with E-state index in [1.807, 2.05) is 13.0 Å². The Bertz CT molecular complexity index is 529. The topological polar surface area (TPSA) is 38.9 Å². The molecule has 2 rings (SSSR count). The highest BCUT2D eigenvalue weighted by molar-refractivity contribution is 7.09. The fraction of sp³-hybridized carbons (Fsp3) is 0.357. The van der Waals surface area contributed by atoms with Gasteiger partial charge in [-0.25, -0.2) is 4.98 Å². The van der Waals surface area contributed by atoms with Gasteiger partial charge in [0.1, 0.15) is 0 Å². The van der Waals surface area contributed by atoms with Crippen LogP contribution < -0.4 is 5.73 Å². The van der Waals surface area contributed by atoms with Crippen molar-refractivity contribution in [1.29, 1.82) is 0 Å². The van der Waals surface area contributed by atoms with Crippen LogP contribution >= 0.6 is 11.3 Å². The molecule has 0 unspecified atom stereocenters. The highest BCUT2D eigenvalue weighted by Gasteiger charge is 2.12. The predicted molar refractivity (Wildman–Crippen MR) is 75.5 cm³/mol. The van der Waals surface area contributed by atoms with Gasteiger partial charge in [0.15, 0.2) is 0 Å². The molecule has 0 amide bonds. The van der Waals surface area contributed by atoms with Crippen molar-refractivity contribution in [2.75, 3.05) is 5.73 Å². The number of aryl methyl sites for hydroxylation is 1. The average molecular weight is 246 g/mol. The number of hydrogen-bond donors (Lipinski definition) is 1. The minimum absolute atomic E-state index is 0.903. The third-order valence-corrected chi connectivity index (χ3v) is 3.84. The van der Waals surface area contributed by atoms with Gasteiger partial charge in [-0.05, 0) is 37.0 Å². The summed E-state index contributed by atoms with van der Waals surface area (Å²) in [7, 11) is 0. The molecule has 0 fully saturated rings. The number of aromatic nitrogens is 1. The Morgan fingerprint density at radius 3 is 2.41 bits per heavy atom. The van der Waals surface area contributed by atoms with E-state index in [2.05, 4.69) is 30.3 Å². The number of nitrogens with zero attached hydrogens (tertiary/aromatic N) is 1. The Balaban J connectivity index is 2.62. The summed E-state index contributed by atoms with van der Waals surface area (Å²) in [6, 6.07) is 4.10. The first-order valence-electron chi connectivity index (χ1n) is 6.00. The maximum Gasteiger partial charge on any atom is 0.0901 e. The average Bonchev–Trinajstić information content (AvgIpc) is 2.75. The van der Waals surface area contributed by atoms with Crippen LogP contribution in [0, 0.1) is 6.92 Å². The van der Waals surface area contributed by atoms with Gasteiger partial charge in [0.2, 0.25) is 0 Å². The minimum atomic E-state index is 0.903. The van der Waals surface area contributed by atoms with Gasteiger partial charge in [0.25, 0.3) is 0 Å². The van der Waals surface area contributed by atoms with Gasteiger partial charge in [-0.3, -0.25) is 0 Å². The third kappa shape index (κ3) is 2.20. The number of rotatable bonds is 3. The molecule has 1 aromatic carbocycles. The molecule has 0 spiro atoms. The van der Waals surface area contributed by atoms with Crippen LogP contribution in [0.15, 0.2) is 17.5 Å². The quantitative estimate of drug-likeness (QED) is 0.836. The first-order valence-corrected chi connectivity index (χ1v) is 6.88. The predicted octanol–water partition coefficient (Wildman–Crippen LogP) is 3.83. The van der Waals surface area contributed by atoms with E-state index in [1.54, 1.807) is 11.3 Å². The van der Waals surface area contributed by atoms with Gasteiger partial charge in [-0.2, -0.15) is 0 Å². The summed E-state index contributed by atoms with van der Waals surface area (Å²) in [4.78, 5) is 4.57. The van der Waals surface area contributed by atoms with Gasteiger partial charge in [-0.1, -0.05) is 19.9 Å². The van der Waals surface area contributed by atoms with Crippen LogP contribution in [0.2, 0.25) is 0 Å². The van der Waals surface area contributed by atoms with Gasteiger partial charge in [0, 0.05) is 16.6 Å². The van der Waals surface area contributed by atoms with Crippen LogP contribution in [0.5, 0.6) is 0 Å². The largest absolute Gasteiger partial charge is 0.398 e. The molecule has 0 saturated heterocycles. The van der Waals surface area contributed by atoms with E-state index < -0.39 is 0 Å². The third-order valence-electron chi connectivity index (χ3n) is 3.07. The van der Waals surface area contributed by atoms with Crippen LogP contribution in [0.4, 0.5) is 5.69 Å². The van der Waals surface area contributed by atoms with E-state index >= 15 is 0 Å². The number of hydrogen-bond acceptors (Lipinski definition) is 3. The lowest BCUT2D eigenvalue weighted by atomic mass is 9.94. The summed E-state index contributed by atoms with van der Waals surface area (Å²) < 4.78 is 0. The Hall–Kier alpha value is -1.35. The van der Waals surface area contributed by atoms with E-state index in [1.165, 1.54) is 16.7 Å². The lowest BCUT2D eigenvalue weighted by Crippen LogP contribution is -2.01. The molecule has 0 aliphatic carbocycles. The fourth-order valence-corrected chi connectivity index (χ4v) is 2.87. The molecule has 17 heavy (non-hydrogen) atoms. The number of nitrogens with two attached hydrogens (primary N) is 1. The van der Waals surface area contributed by atoms with E-state index in [9.17, 15) is 0 Å². The minimum Gasteiger partial charge on any atom is -0.398 e. The highest BCUT2D eigenvalue weighted by atomic mass is 32.1. The second-order valence-electron chi connectivity index (χ2n) is 4.12. The summed E-state index contributed by atoms with van der Waals surface area (Å²) >= 11 is 1.69. The molecule has 1 heterocycles. The Morgan fingerprint density at radius 1 is 1.18 bits per heavy atom. The van der Waals surface area contributed by atoms with Gasteiger partial charge in [-0.15, -0.1) is 11.3 Å². The van der Waals surface area contributed by atoms with Crippen molar-refractivity contribution >= 4 is 17.0 Å². The molecule has 0 aliphatic heterocycles. The van der Waals surface area contributed by atoms with Crippen molar-refractivity contribution in [2.24, 2.45) is 0 Å². The zero-order valence-corrected chi connectivity index (χ0v) is 11.4. The van der Waals surface area contributed by atoms with Gasteiger partial charge < -0.3 is 5.73 Å². The van der Waals surface area contributed by atoms with Crippen LogP contribution in [0.1, 0.15) is 30.0 Å². The van der Waals surface area contributed by atoms with Crippen LogP contribution in [-0.4, -0.2) is 4.98 Å². The van der Waals surface area contributed by atoms with Crippen molar-refractivity contribution in [3.63, 3.8) is 0 Å². The Kier molecular flexibility index (Phi) is 3.48.